The second-order valence-corrected chi connectivity index (χ2v) is 8.49. The Morgan fingerprint density at radius 3 is 2.17 bits per heavy atom. The van der Waals surface area contributed by atoms with Gasteiger partial charge in [-0.2, -0.15) is 0 Å². The molecule has 2 aromatic rings. The van der Waals surface area contributed by atoms with E-state index in [1.165, 1.54) is 29.8 Å². The van der Waals surface area contributed by atoms with Crippen molar-refractivity contribution in [3.63, 3.8) is 0 Å². The van der Waals surface area contributed by atoms with E-state index in [0.717, 1.165) is 19.1 Å². The van der Waals surface area contributed by atoms with Gasteiger partial charge in [-0.05, 0) is 48.4 Å². The van der Waals surface area contributed by atoms with Crippen LogP contribution in [0.15, 0.2) is 48.5 Å². The number of rotatable bonds is 11. The second-order valence-electron chi connectivity index (χ2n) is 6.74. The summed E-state index contributed by atoms with van der Waals surface area (Å²) in [7, 11) is -3.36. The Kier molecular flexibility index (Phi) is 8.67. The maximum absolute atomic E-state index is 12.1. The summed E-state index contributed by atoms with van der Waals surface area (Å²) in [4.78, 5) is 23.9. The first-order chi connectivity index (χ1) is 14.3. The summed E-state index contributed by atoms with van der Waals surface area (Å²) in [5, 5.41) is 5.35. The molecule has 0 bridgehead atoms. The lowest BCUT2D eigenvalue weighted by atomic mass is 10.1. The lowest BCUT2D eigenvalue weighted by Crippen LogP contribution is -2.36. The fourth-order valence-corrected chi connectivity index (χ4v) is 3.19. The Morgan fingerprint density at radius 2 is 1.57 bits per heavy atom. The molecule has 8 nitrogen and oxygen atoms in total. The van der Waals surface area contributed by atoms with Gasteiger partial charge in [0.05, 0.1) is 6.26 Å². The minimum atomic E-state index is -3.36. The molecule has 0 radical (unpaired) electrons. The molecule has 2 rings (SSSR count). The summed E-state index contributed by atoms with van der Waals surface area (Å²) >= 11 is 0. The van der Waals surface area contributed by atoms with E-state index in [2.05, 4.69) is 22.3 Å². The van der Waals surface area contributed by atoms with Crippen LogP contribution >= 0.6 is 0 Å². The SMILES string of the molecule is CCCc1ccc(OCC(=O)NCCNC(=O)c2ccc(NS(C)(=O)=O)cc2)cc1. The first kappa shape index (κ1) is 23.2. The fraction of sp³-hybridized carbons (Fsp3) is 0.333. The maximum Gasteiger partial charge on any atom is 0.258 e. The monoisotopic (exact) mass is 433 g/mol. The molecule has 2 aromatic carbocycles. The average Bonchev–Trinajstić information content (AvgIpc) is 2.70. The molecule has 0 aromatic heterocycles. The van der Waals surface area contributed by atoms with Crippen LogP contribution in [-0.2, 0) is 21.2 Å². The lowest BCUT2D eigenvalue weighted by molar-refractivity contribution is -0.123. The Balaban J connectivity index is 1.66. The number of hydrogen-bond acceptors (Lipinski definition) is 5. The molecule has 0 aliphatic heterocycles. The number of carbonyl (C=O) groups is 2. The van der Waals surface area contributed by atoms with Gasteiger partial charge in [0.1, 0.15) is 5.75 Å². The van der Waals surface area contributed by atoms with Crippen LogP contribution in [0.2, 0.25) is 0 Å². The molecule has 0 fully saturated rings. The molecule has 0 saturated carbocycles. The predicted octanol–water partition coefficient (Wildman–Crippen LogP) is 1.94. The molecule has 0 spiro atoms. The zero-order valence-corrected chi connectivity index (χ0v) is 17.9. The highest BCUT2D eigenvalue weighted by molar-refractivity contribution is 7.92. The quantitative estimate of drug-likeness (QED) is 0.469. The molecular formula is C21H27N3O5S. The van der Waals surface area contributed by atoms with Crippen molar-refractivity contribution in [3.05, 3.63) is 59.7 Å². The molecule has 9 heteroatoms. The summed E-state index contributed by atoms with van der Waals surface area (Å²) in [6.07, 6.45) is 3.13. The molecule has 0 aliphatic carbocycles. The Hall–Kier alpha value is -3.07. The fourth-order valence-electron chi connectivity index (χ4n) is 2.62. The van der Waals surface area contributed by atoms with E-state index >= 15 is 0 Å². The topological polar surface area (TPSA) is 114 Å². The lowest BCUT2D eigenvalue weighted by Gasteiger charge is -2.09. The van der Waals surface area contributed by atoms with Gasteiger partial charge in [0.15, 0.2) is 6.61 Å². The van der Waals surface area contributed by atoms with Crippen molar-refractivity contribution in [1.82, 2.24) is 10.6 Å². The molecule has 2 amide bonds. The van der Waals surface area contributed by atoms with E-state index in [9.17, 15) is 18.0 Å². The third kappa shape index (κ3) is 8.52. The highest BCUT2D eigenvalue weighted by Crippen LogP contribution is 2.13. The zero-order valence-electron chi connectivity index (χ0n) is 17.1. The Bertz CT molecular complexity index is 942. The van der Waals surface area contributed by atoms with Gasteiger partial charge in [-0.3, -0.25) is 14.3 Å². The summed E-state index contributed by atoms with van der Waals surface area (Å²) in [6.45, 7) is 2.53. The number of amides is 2. The maximum atomic E-state index is 12.1. The van der Waals surface area contributed by atoms with Crippen molar-refractivity contribution in [1.29, 1.82) is 0 Å². The number of benzene rings is 2. The number of ether oxygens (including phenoxy) is 1. The van der Waals surface area contributed by atoms with Gasteiger partial charge in [-0.15, -0.1) is 0 Å². The zero-order chi connectivity index (χ0) is 22.0. The summed E-state index contributed by atoms with van der Waals surface area (Å²) in [5.74, 6) is 0.0313. The predicted molar refractivity (Wildman–Crippen MR) is 116 cm³/mol. The molecular weight excluding hydrogens is 406 g/mol. The van der Waals surface area contributed by atoms with Gasteiger partial charge in [-0.1, -0.05) is 25.5 Å². The molecule has 0 heterocycles. The average molecular weight is 434 g/mol. The van der Waals surface area contributed by atoms with Crippen LogP contribution in [0.4, 0.5) is 5.69 Å². The van der Waals surface area contributed by atoms with Crippen molar-refractivity contribution in [2.75, 3.05) is 30.7 Å². The van der Waals surface area contributed by atoms with E-state index in [-0.39, 0.29) is 31.5 Å². The van der Waals surface area contributed by atoms with Gasteiger partial charge >= 0.3 is 0 Å². The minimum absolute atomic E-state index is 0.101. The van der Waals surface area contributed by atoms with Gasteiger partial charge in [0, 0.05) is 24.3 Å². The number of sulfonamides is 1. The number of nitrogens with one attached hydrogen (secondary N) is 3. The van der Waals surface area contributed by atoms with Gasteiger partial charge in [0.25, 0.3) is 11.8 Å². The summed E-state index contributed by atoms with van der Waals surface area (Å²) in [5.41, 5.74) is 1.99. The first-order valence-electron chi connectivity index (χ1n) is 9.61. The largest absolute Gasteiger partial charge is 0.484 e. The number of hydrogen-bond donors (Lipinski definition) is 3. The van der Waals surface area contributed by atoms with E-state index in [1.54, 1.807) is 0 Å². The summed E-state index contributed by atoms with van der Waals surface area (Å²) in [6, 6.07) is 13.7. The number of anilines is 1. The molecule has 0 atom stereocenters. The minimum Gasteiger partial charge on any atom is -0.484 e. The van der Waals surface area contributed by atoms with Crippen LogP contribution in [0.25, 0.3) is 0 Å². The Morgan fingerprint density at radius 1 is 0.933 bits per heavy atom. The van der Waals surface area contributed by atoms with Crippen molar-refractivity contribution < 1.29 is 22.7 Å². The first-order valence-corrected chi connectivity index (χ1v) is 11.5. The van der Waals surface area contributed by atoms with Gasteiger partial charge in [-0.25, -0.2) is 8.42 Å². The van der Waals surface area contributed by atoms with E-state index in [0.29, 0.717) is 17.0 Å². The van der Waals surface area contributed by atoms with Gasteiger partial charge < -0.3 is 15.4 Å². The van der Waals surface area contributed by atoms with E-state index in [4.69, 9.17) is 4.74 Å². The third-order valence-corrected chi connectivity index (χ3v) is 4.62. The normalized spacial score (nSPS) is 10.9. The summed E-state index contributed by atoms with van der Waals surface area (Å²) < 4.78 is 30.1. The van der Waals surface area contributed by atoms with E-state index < -0.39 is 10.0 Å². The number of carbonyl (C=O) groups excluding carboxylic acids is 2. The van der Waals surface area contributed by atoms with Crippen molar-refractivity contribution in [2.45, 2.75) is 19.8 Å². The molecule has 162 valence electrons. The smallest absolute Gasteiger partial charge is 0.258 e. The van der Waals surface area contributed by atoms with Crippen LogP contribution in [-0.4, -0.2) is 46.2 Å². The van der Waals surface area contributed by atoms with Gasteiger partial charge in [0.2, 0.25) is 10.0 Å². The standard InChI is InChI=1S/C21H27N3O5S/c1-3-4-16-5-11-19(12-6-16)29-15-20(25)22-13-14-23-21(26)17-7-9-18(10-8-17)24-30(2,27)28/h5-12,24H,3-4,13-15H2,1-2H3,(H,22,25)(H,23,26). The molecule has 0 unspecified atom stereocenters. The number of aryl methyl sites for hydroxylation is 1. The van der Waals surface area contributed by atoms with Crippen LogP contribution in [0, 0.1) is 0 Å². The molecule has 0 saturated heterocycles. The molecule has 30 heavy (non-hydrogen) atoms. The second kappa shape index (κ2) is 11.2. The van der Waals surface area contributed by atoms with Crippen LogP contribution < -0.4 is 20.1 Å². The molecule has 0 aliphatic rings. The van der Waals surface area contributed by atoms with Crippen LogP contribution in [0.3, 0.4) is 0 Å². The highest BCUT2D eigenvalue weighted by Gasteiger charge is 2.07. The van der Waals surface area contributed by atoms with Crippen molar-refractivity contribution in [2.24, 2.45) is 0 Å². The van der Waals surface area contributed by atoms with Crippen LogP contribution in [0.5, 0.6) is 5.75 Å². The Labute approximate surface area is 177 Å². The highest BCUT2D eigenvalue weighted by atomic mass is 32.2. The van der Waals surface area contributed by atoms with Crippen molar-refractivity contribution in [3.8, 4) is 5.75 Å². The van der Waals surface area contributed by atoms with Crippen molar-refractivity contribution >= 4 is 27.5 Å². The van der Waals surface area contributed by atoms with Crippen LogP contribution in [0.1, 0.15) is 29.3 Å². The molecule has 3 N–H and O–H groups in total. The van der Waals surface area contributed by atoms with E-state index in [1.807, 2.05) is 24.3 Å². The third-order valence-electron chi connectivity index (χ3n) is 4.02.